The lowest BCUT2D eigenvalue weighted by Crippen LogP contribution is -2.17. The van der Waals surface area contributed by atoms with Crippen LogP contribution in [0.4, 0.5) is 0 Å². The van der Waals surface area contributed by atoms with Gasteiger partial charge in [0.25, 0.3) is 5.91 Å². The molecule has 1 aromatic carbocycles. The van der Waals surface area contributed by atoms with Gasteiger partial charge in [-0.05, 0) is 53.3 Å². The Balaban J connectivity index is 2.37. The lowest BCUT2D eigenvalue weighted by atomic mass is 10.2. The van der Waals surface area contributed by atoms with Crippen LogP contribution in [0.3, 0.4) is 0 Å². The molecule has 0 radical (unpaired) electrons. The molecule has 0 spiro atoms. The van der Waals surface area contributed by atoms with Crippen molar-refractivity contribution in [2.45, 2.75) is 6.92 Å². The highest BCUT2D eigenvalue weighted by molar-refractivity contribution is 14.1. The molecule has 0 aliphatic carbocycles. The van der Waals surface area contributed by atoms with Crippen molar-refractivity contribution in [3.63, 3.8) is 0 Å². The minimum Gasteiger partial charge on any atom is -0.490 e. The summed E-state index contributed by atoms with van der Waals surface area (Å²) in [5.41, 5.74) is 0.862. The fourth-order valence-corrected chi connectivity index (χ4v) is 3.61. The van der Waals surface area contributed by atoms with E-state index in [1.165, 1.54) is 11.8 Å². The van der Waals surface area contributed by atoms with Gasteiger partial charge in [-0.15, -0.1) is 0 Å². The van der Waals surface area contributed by atoms with Crippen LogP contribution in [0.2, 0.25) is 0 Å². The Morgan fingerprint density at radius 2 is 2.23 bits per heavy atom. The predicted octanol–water partition coefficient (Wildman–Crippen LogP) is 3.74. The first-order chi connectivity index (χ1) is 10.5. The maximum atomic E-state index is 11.7. The number of rotatable bonds is 6. The molecule has 1 N–H and O–H groups in total. The summed E-state index contributed by atoms with van der Waals surface area (Å²) >= 11 is 8.43. The van der Waals surface area contributed by atoms with Crippen LogP contribution in [-0.2, 0) is 4.79 Å². The van der Waals surface area contributed by atoms with Gasteiger partial charge < -0.3 is 14.8 Å². The molecular weight excluding hydrogens is 433 g/mol. The molecule has 1 aromatic rings. The molecule has 1 heterocycles. The summed E-state index contributed by atoms with van der Waals surface area (Å²) in [6, 6.07) is 3.79. The van der Waals surface area contributed by atoms with Crippen molar-refractivity contribution in [1.29, 1.82) is 0 Å². The number of carbonyl (C=O) groups excluding carboxylic acids is 1. The van der Waals surface area contributed by atoms with Crippen LogP contribution in [0.25, 0.3) is 6.08 Å². The van der Waals surface area contributed by atoms with Crippen molar-refractivity contribution in [2.75, 3.05) is 13.2 Å². The number of nitrogens with one attached hydrogen (secondary N) is 1. The number of halogens is 1. The highest BCUT2D eigenvalue weighted by atomic mass is 127. The molecule has 1 saturated heterocycles. The van der Waals surface area contributed by atoms with E-state index in [0.717, 1.165) is 9.13 Å². The lowest BCUT2D eigenvalue weighted by molar-refractivity contribution is -0.115. The van der Waals surface area contributed by atoms with Crippen LogP contribution < -0.4 is 14.8 Å². The molecule has 0 bridgehead atoms. The Kier molecular flexibility index (Phi) is 6.27. The summed E-state index contributed by atoms with van der Waals surface area (Å²) in [5.74, 6) is 1.16. The van der Waals surface area contributed by atoms with Crippen molar-refractivity contribution >= 4 is 62.9 Å². The first-order valence-electron chi connectivity index (χ1n) is 6.50. The molecule has 0 unspecified atom stereocenters. The average molecular weight is 447 g/mol. The summed E-state index contributed by atoms with van der Waals surface area (Å²) in [6.07, 6.45) is 3.48. The molecule has 1 aliphatic rings. The molecular formula is C15H14INO3S2. The molecule has 7 heteroatoms. The fourth-order valence-electron chi connectivity index (χ4n) is 1.79. The van der Waals surface area contributed by atoms with E-state index in [0.29, 0.717) is 33.9 Å². The normalized spacial score (nSPS) is 15.8. The van der Waals surface area contributed by atoms with Gasteiger partial charge in [-0.3, -0.25) is 4.79 Å². The van der Waals surface area contributed by atoms with Gasteiger partial charge in [0.2, 0.25) is 0 Å². The van der Waals surface area contributed by atoms with Crippen molar-refractivity contribution in [2.24, 2.45) is 0 Å². The third kappa shape index (κ3) is 4.23. The zero-order valence-electron chi connectivity index (χ0n) is 11.8. The van der Waals surface area contributed by atoms with E-state index >= 15 is 0 Å². The summed E-state index contributed by atoms with van der Waals surface area (Å²) < 4.78 is 12.7. The Morgan fingerprint density at radius 1 is 1.45 bits per heavy atom. The van der Waals surface area contributed by atoms with Gasteiger partial charge in [0, 0.05) is 0 Å². The van der Waals surface area contributed by atoms with Crippen LogP contribution in [0.1, 0.15) is 12.5 Å². The number of carbonyl (C=O) groups is 1. The van der Waals surface area contributed by atoms with Crippen LogP contribution in [-0.4, -0.2) is 23.4 Å². The number of ether oxygens (including phenoxy) is 2. The quantitative estimate of drug-likeness (QED) is 0.312. The number of hydrogen-bond donors (Lipinski definition) is 1. The first kappa shape index (κ1) is 17.3. The van der Waals surface area contributed by atoms with E-state index in [2.05, 4.69) is 34.5 Å². The Hall–Kier alpha value is -1.06. The zero-order chi connectivity index (χ0) is 16.1. The number of thioether (sulfide) groups is 1. The maximum absolute atomic E-state index is 11.7. The molecule has 4 nitrogen and oxygen atoms in total. The second-order valence-electron chi connectivity index (χ2n) is 4.21. The summed E-state index contributed by atoms with van der Waals surface area (Å²) in [5, 5.41) is 2.60. The third-order valence-corrected chi connectivity index (χ3v) is 4.58. The number of hydrogen-bond acceptors (Lipinski definition) is 5. The standard InChI is InChI=1S/C15H14INO3S2/c1-3-5-20-13-10(16)6-9(7-11(13)19-4-2)8-12-14(18)17-15(21)22-12/h3,6-8H,1,4-5H2,2H3,(H,17,18,21)/b12-8-. The SMILES string of the molecule is C=CCOc1c(I)cc(/C=C2\SC(=S)NC2=O)cc1OCC. The van der Waals surface area contributed by atoms with Crippen molar-refractivity contribution < 1.29 is 14.3 Å². The third-order valence-electron chi connectivity index (χ3n) is 2.62. The Bertz CT molecular complexity index is 658. The van der Waals surface area contributed by atoms with Crippen LogP contribution in [0, 0.1) is 3.57 Å². The van der Waals surface area contributed by atoms with Crippen molar-refractivity contribution in [3.8, 4) is 11.5 Å². The van der Waals surface area contributed by atoms with Gasteiger partial charge in [-0.1, -0.05) is 36.6 Å². The van der Waals surface area contributed by atoms with Gasteiger partial charge in [0.1, 0.15) is 10.9 Å². The highest BCUT2D eigenvalue weighted by Gasteiger charge is 2.22. The van der Waals surface area contributed by atoms with Crippen LogP contribution >= 0.6 is 46.6 Å². The fraction of sp³-hybridized carbons (Fsp3) is 0.200. The number of benzene rings is 1. The average Bonchev–Trinajstić information content (AvgIpc) is 2.76. The summed E-state index contributed by atoms with van der Waals surface area (Å²) in [4.78, 5) is 12.3. The zero-order valence-corrected chi connectivity index (χ0v) is 15.6. The second-order valence-corrected chi connectivity index (χ2v) is 7.10. The molecule has 0 atom stereocenters. The maximum Gasteiger partial charge on any atom is 0.263 e. The van der Waals surface area contributed by atoms with Gasteiger partial charge in [0.15, 0.2) is 11.5 Å². The molecule has 0 aromatic heterocycles. The largest absolute Gasteiger partial charge is 0.490 e. The highest BCUT2D eigenvalue weighted by Crippen LogP contribution is 2.36. The predicted molar refractivity (Wildman–Crippen MR) is 102 cm³/mol. The topological polar surface area (TPSA) is 47.6 Å². The molecule has 116 valence electrons. The second kappa shape index (κ2) is 7.98. The van der Waals surface area contributed by atoms with Crippen molar-refractivity contribution in [3.05, 3.63) is 38.8 Å². The molecule has 0 saturated carbocycles. The molecule has 2 rings (SSSR count). The van der Waals surface area contributed by atoms with Crippen LogP contribution in [0.5, 0.6) is 11.5 Å². The number of amides is 1. The monoisotopic (exact) mass is 447 g/mol. The molecule has 1 fully saturated rings. The first-order valence-corrected chi connectivity index (χ1v) is 8.80. The van der Waals surface area contributed by atoms with Crippen molar-refractivity contribution in [1.82, 2.24) is 5.32 Å². The molecule has 22 heavy (non-hydrogen) atoms. The Morgan fingerprint density at radius 3 is 2.82 bits per heavy atom. The van der Waals surface area contributed by atoms with E-state index in [-0.39, 0.29) is 5.91 Å². The molecule has 1 amide bonds. The smallest absolute Gasteiger partial charge is 0.263 e. The van der Waals surface area contributed by atoms with Gasteiger partial charge >= 0.3 is 0 Å². The summed E-state index contributed by atoms with van der Waals surface area (Å²) in [7, 11) is 0. The van der Waals surface area contributed by atoms with Gasteiger partial charge in [-0.2, -0.15) is 0 Å². The van der Waals surface area contributed by atoms with E-state index in [9.17, 15) is 4.79 Å². The van der Waals surface area contributed by atoms with Crippen LogP contribution in [0.15, 0.2) is 29.7 Å². The summed E-state index contributed by atoms with van der Waals surface area (Å²) in [6.45, 7) is 6.49. The van der Waals surface area contributed by atoms with E-state index < -0.39 is 0 Å². The molecule has 1 aliphatic heterocycles. The number of thiocarbonyl (C=S) groups is 1. The lowest BCUT2D eigenvalue weighted by Gasteiger charge is -2.13. The minimum atomic E-state index is -0.171. The Labute approximate surface area is 152 Å². The minimum absolute atomic E-state index is 0.171. The van der Waals surface area contributed by atoms with E-state index in [1.54, 1.807) is 12.2 Å². The van der Waals surface area contributed by atoms with E-state index in [1.807, 2.05) is 19.1 Å². The van der Waals surface area contributed by atoms with Gasteiger partial charge in [0.05, 0.1) is 15.1 Å². The van der Waals surface area contributed by atoms with E-state index in [4.69, 9.17) is 21.7 Å². The van der Waals surface area contributed by atoms with Gasteiger partial charge in [-0.25, -0.2) is 0 Å².